The van der Waals surface area contributed by atoms with Crippen molar-refractivity contribution in [3.63, 3.8) is 0 Å². The second kappa shape index (κ2) is 7.38. The Bertz CT molecular complexity index is 448. The summed E-state index contributed by atoms with van der Waals surface area (Å²) in [7, 11) is 0. The summed E-state index contributed by atoms with van der Waals surface area (Å²) in [4.78, 5) is 21.4. The molecule has 0 spiro atoms. The summed E-state index contributed by atoms with van der Waals surface area (Å²) in [5, 5.41) is 11.9. The van der Waals surface area contributed by atoms with E-state index in [0.717, 1.165) is 0 Å². The fourth-order valence-corrected chi connectivity index (χ4v) is 1.57. The number of ether oxygens (including phenoxy) is 1. The molecule has 0 aromatic heterocycles. The number of carboxylic acids is 1. The maximum absolute atomic E-state index is 10.8. The minimum Gasteiger partial charge on any atom is -0.492 e. The van der Waals surface area contributed by atoms with E-state index in [2.05, 4.69) is 5.32 Å². The third-order valence-corrected chi connectivity index (χ3v) is 2.45. The molecule has 104 valence electrons. The van der Waals surface area contributed by atoms with Crippen LogP contribution in [0.3, 0.4) is 0 Å². The van der Waals surface area contributed by atoms with Gasteiger partial charge in [0.2, 0.25) is 5.91 Å². The summed E-state index contributed by atoms with van der Waals surface area (Å²) in [5.41, 5.74) is 5.26. The minimum absolute atomic E-state index is 0.00791. The lowest BCUT2D eigenvalue weighted by molar-refractivity contribution is -0.118. The minimum atomic E-state index is -0.987. The maximum atomic E-state index is 10.8. The maximum Gasteiger partial charge on any atom is 0.335 e. The number of hydrogen-bond acceptors (Lipinski definition) is 4. The summed E-state index contributed by atoms with van der Waals surface area (Å²) < 4.78 is 5.41. The molecule has 1 aromatic carbocycles. The second-order valence-corrected chi connectivity index (χ2v) is 4.21. The lowest BCUT2D eigenvalue weighted by Crippen LogP contribution is -2.33. The van der Waals surface area contributed by atoms with Gasteiger partial charge in [-0.1, -0.05) is 6.07 Å². The molecule has 1 amide bonds. The van der Waals surface area contributed by atoms with Gasteiger partial charge < -0.3 is 20.9 Å². The number of rotatable bonds is 8. The number of amides is 1. The molecular weight excluding hydrogens is 248 g/mol. The van der Waals surface area contributed by atoms with E-state index in [1.807, 2.05) is 6.92 Å². The van der Waals surface area contributed by atoms with Gasteiger partial charge in [0.1, 0.15) is 12.4 Å². The predicted molar refractivity (Wildman–Crippen MR) is 70.2 cm³/mol. The number of primary amides is 1. The van der Waals surface area contributed by atoms with Gasteiger partial charge in [-0.15, -0.1) is 0 Å². The second-order valence-electron chi connectivity index (χ2n) is 4.21. The molecular formula is C13H18N2O4. The first-order valence-corrected chi connectivity index (χ1v) is 5.97. The Kier molecular flexibility index (Phi) is 5.81. The van der Waals surface area contributed by atoms with Crippen LogP contribution in [0.5, 0.6) is 5.75 Å². The first-order valence-electron chi connectivity index (χ1n) is 5.97. The molecule has 0 saturated carbocycles. The molecule has 0 aliphatic carbocycles. The molecule has 0 bridgehead atoms. The van der Waals surface area contributed by atoms with Crippen LogP contribution in [0.15, 0.2) is 24.3 Å². The van der Waals surface area contributed by atoms with Crippen molar-refractivity contribution in [2.45, 2.75) is 19.4 Å². The average Bonchev–Trinajstić information content (AvgIpc) is 2.34. The van der Waals surface area contributed by atoms with Gasteiger partial charge in [0, 0.05) is 19.0 Å². The molecule has 1 rings (SSSR count). The van der Waals surface area contributed by atoms with Crippen LogP contribution in [0.25, 0.3) is 0 Å². The van der Waals surface area contributed by atoms with Gasteiger partial charge in [0.25, 0.3) is 0 Å². The van der Waals surface area contributed by atoms with Gasteiger partial charge in [-0.2, -0.15) is 0 Å². The van der Waals surface area contributed by atoms with Crippen LogP contribution < -0.4 is 15.8 Å². The number of carboxylic acid groups (broad SMARTS) is 1. The first kappa shape index (κ1) is 15.0. The molecule has 19 heavy (non-hydrogen) atoms. The zero-order chi connectivity index (χ0) is 14.3. The van der Waals surface area contributed by atoms with Crippen LogP contribution in [0.1, 0.15) is 23.7 Å². The standard InChI is InChI=1S/C13H18N2O4/c1-9(7-12(14)16)15-5-6-19-11-4-2-3-10(8-11)13(17)18/h2-4,8-9,15H,5-7H2,1H3,(H2,14,16)(H,17,18). The number of carbonyl (C=O) groups is 2. The van der Waals surface area contributed by atoms with Crippen molar-refractivity contribution in [1.29, 1.82) is 0 Å². The van der Waals surface area contributed by atoms with Crippen molar-refractivity contribution in [1.82, 2.24) is 5.32 Å². The molecule has 0 saturated heterocycles. The lowest BCUT2D eigenvalue weighted by atomic mass is 10.2. The third-order valence-electron chi connectivity index (χ3n) is 2.45. The van der Waals surface area contributed by atoms with Gasteiger partial charge in [0.15, 0.2) is 0 Å². The average molecular weight is 266 g/mol. The van der Waals surface area contributed by atoms with Crippen LogP contribution in [0.2, 0.25) is 0 Å². The van der Waals surface area contributed by atoms with Gasteiger partial charge in [-0.3, -0.25) is 4.79 Å². The summed E-state index contributed by atoms with van der Waals surface area (Å²) in [6.45, 7) is 2.79. The van der Waals surface area contributed by atoms with Crippen LogP contribution in [-0.2, 0) is 4.79 Å². The molecule has 0 heterocycles. The van der Waals surface area contributed by atoms with E-state index in [4.69, 9.17) is 15.6 Å². The Morgan fingerprint density at radius 2 is 2.21 bits per heavy atom. The number of aromatic carboxylic acids is 1. The normalized spacial score (nSPS) is 11.8. The zero-order valence-electron chi connectivity index (χ0n) is 10.8. The zero-order valence-corrected chi connectivity index (χ0v) is 10.8. The van der Waals surface area contributed by atoms with Gasteiger partial charge >= 0.3 is 5.97 Å². The molecule has 0 radical (unpaired) electrons. The van der Waals surface area contributed by atoms with Crippen molar-refractivity contribution < 1.29 is 19.4 Å². The van der Waals surface area contributed by atoms with E-state index in [-0.39, 0.29) is 23.9 Å². The smallest absolute Gasteiger partial charge is 0.335 e. The van der Waals surface area contributed by atoms with Crippen molar-refractivity contribution in [2.75, 3.05) is 13.2 Å². The predicted octanol–water partition coefficient (Wildman–Crippen LogP) is 0.617. The highest BCUT2D eigenvalue weighted by Gasteiger charge is 2.05. The van der Waals surface area contributed by atoms with Gasteiger partial charge in [-0.05, 0) is 25.1 Å². The number of carbonyl (C=O) groups excluding carboxylic acids is 1. The van der Waals surface area contributed by atoms with Crippen LogP contribution in [0.4, 0.5) is 0 Å². The number of nitrogens with one attached hydrogen (secondary N) is 1. The van der Waals surface area contributed by atoms with Crippen molar-refractivity contribution in [3.8, 4) is 5.75 Å². The Balaban J connectivity index is 2.31. The van der Waals surface area contributed by atoms with E-state index in [0.29, 0.717) is 18.9 Å². The van der Waals surface area contributed by atoms with E-state index in [1.165, 1.54) is 12.1 Å². The van der Waals surface area contributed by atoms with E-state index >= 15 is 0 Å². The molecule has 6 heteroatoms. The summed E-state index contributed by atoms with van der Waals surface area (Å²) in [6.07, 6.45) is 0.272. The van der Waals surface area contributed by atoms with E-state index in [9.17, 15) is 9.59 Å². The molecule has 0 aliphatic rings. The van der Waals surface area contributed by atoms with E-state index in [1.54, 1.807) is 12.1 Å². The lowest BCUT2D eigenvalue weighted by Gasteiger charge is -2.12. The molecule has 1 atom stereocenters. The van der Waals surface area contributed by atoms with Crippen LogP contribution >= 0.6 is 0 Å². The largest absolute Gasteiger partial charge is 0.492 e. The van der Waals surface area contributed by atoms with Gasteiger partial charge in [0.05, 0.1) is 5.56 Å². The highest BCUT2D eigenvalue weighted by Crippen LogP contribution is 2.12. The number of benzene rings is 1. The topological polar surface area (TPSA) is 102 Å². The van der Waals surface area contributed by atoms with Crippen LogP contribution in [0, 0.1) is 0 Å². The quantitative estimate of drug-likeness (QED) is 0.599. The van der Waals surface area contributed by atoms with E-state index < -0.39 is 5.97 Å². The molecule has 6 nitrogen and oxygen atoms in total. The molecule has 4 N–H and O–H groups in total. The fourth-order valence-electron chi connectivity index (χ4n) is 1.57. The first-order chi connectivity index (χ1) is 8.99. The highest BCUT2D eigenvalue weighted by atomic mass is 16.5. The fraction of sp³-hybridized carbons (Fsp3) is 0.385. The Hall–Kier alpha value is -2.08. The Morgan fingerprint density at radius 1 is 1.47 bits per heavy atom. The highest BCUT2D eigenvalue weighted by molar-refractivity contribution is 5.87. The molecule has 0 aliphatic heterocycles. The monoisotopic (exact) mass is 266 g/mol. The van der Waals surface area contributed by atoms with Crippen LogP contribution in [-0.4, -0.2) is 36.2 Å². The van der Waals surface area contributed by atoms with Crippen molar-refractivity contribution in [2.24, 2.45) is 5.73 Å². The Morgan fingerprint density at radius 3 is 2.84 bits per heavy atom. The number of hydrogen-bond donors (Lipinski definition) is 3. The molecule has 0 fully saturated rings. The summed E-state index contributed by atoms with van der Waals surface area (Å²) in [5.74, 6) is -0.835. The Labute approximate surface area is 111 Å². The van der Waals surface area contributed by atoms with Crippen molar-refractivity contribution in [3.05, 3.63) is 29.8 Å². The summed E-state index contributed by atoms with van der Waals surface area (Å²) >= 11 is 0. The van der Waals surface area contributed by atoms with Gasteiger partial charge in [-0.25, -0.2) is 4.79 Å². The SMILES string of the molecule is CC(CC(N)=O)NCCOc1cccc(C(=O)O)c1. The number of nitrogens with two attached hydrogens (primary N) is 1. The van der Waals surface area contributed by atoms with Crippen molar-refractivity contribution >= 4 is 11.9 Å². The summed E-state index contributed by atoms with van der Waals surface area (Å²) in [6, 6.07) is 6.28. The third kappa shape index (κ3) is 5.87. The molecule has 1 unspecified atom stereocenters. The molecule has 1 aromatic rings.